The summed E-state index contributed by atoms with van der Waals surface area (Å²) in [6, 6.07) is 0.423. The first-order valence-electron chi connectivity index (χ1n) is 5.82. The van der Waals surface area contributed by atoms with Gasteiger partial charge in [0.2, 0.25) is 0 Å². The lowest BCUT2D eigenvalue weighted by Gasteiger charge is -2.32. The summed E-state index contributed by atoms with van der Waals surface area (Å²) >= 11 is 1.83. The molecule has 1 fully saturated rings. The van der Waals surface area contributed by atoms with Crippen molar-refractivity contribution in [3.63, 3.8) is 0 Å². The molecule has 3 atom stereocenters. The maximum atomic E-state index is 6.03. The molecule has 1 aliphatic rings. The Morgan fingerprint density at radius 3 is 3.00 bits per heavy atom. The third kappa shape index (κ3) is 2.79. The van der Waals surface area contributed by atoms with E-state index in [1.54, 1.807) is 0 Å². The lowest BCUT2D eigenvalue weighted by molar-refractivity contribution is 0.231. The Labute approximate surface area is 95.9 Å². The topological polar surface area (TPSA) is 38.9 Å². The minimum atomic E-state index is 0.423. The van der Waals surface area contributed by atoms with Crippen LogP contribution in [0.25, 0.3) is 0 Å². The second-order valence-electron chi connectivity index (χ2n) is 4.88. The maximum Gasteiger partial charge on any atom is 0.0930 e. The van der Waals surface area contributed by atoms with E-state index in [1.807, 2.05) is 17.5 Å². The number of hydrogen-bond donors (Lipinski definition) is 1. The highest BCUT2D eigenvalue weighted by Gasteiger charge is 2.26. The normalized spacial score (nSPS) is 31.8. The molecule has 15 heavy (non-hydrogen) atoms. The molecule has 2 nitrogen and oxygen atoms in total. The summed E-state index contributed by atoms with van der Waals surface area (Å²) in [4.78, 5) is 5.76. The van der Waals surface area contributed by atoms with E-state index in [0.717, 1.165) is 18.3 Å². The van der Waals surface area contributed by atoms with Crippen molar-refractivity contribution in [3.8, 4) is 0 Å². The summed E-state index contributed by atoms with van der Waals surface area (Å²) in [5.41, 5.74) is 6.03. The highest BCUT2D eigenvalue weighted by Crippen LogP contribution is 2.32. The summed E-state index contributed by atoms with van der Waals surface area (Å²) in [7, 11) is 0. The van der Waals surface area contributed by atoms with Gasteiger partial charge in [0.15, 0.2) is 0 Å². The standard InChI is InChI=1S/C12H20N2S/c1-8-3-4-11(13)5-10(8)6-12-14-7-9(2)15-12/h7-8,10-11H,3-6,13H2,1-2H3. The summed E-state index contributed by atoms with van der Waals surface area (Å²) in [5, 5.41) is 1.29. The van der Waals surface area contributed by atoms with E-state index in [9.17, 15) is 0 Å². The van der Waals surface area contributed by atoms with Crippen LogP contribution in [-0.2, 0) is 6.42 Å². The highest BCUT2D eigenvalue weighted by atomic mass is 32.1. The van der Waals surface area contributed by atoms with Crippen LogP contribution in [0.4, 0.5) is 0 Å². The first-order valence-corrected chi connectivity index (χ1v) is 6.63. The second kappa shape index (κ2) is 4.62. The molecule has 84 valence electrons. The van der Waals surface area contributed by atoms with Crippen LogP contribution in [0.2, 0.25) is 0 Å². The predicted octanol–water partition coefficient (Wildman–Crippen LogP) is 2.76. The van der Waals surface area contributed by atoms with Crippen LogP contribution in [0.5, 0.6) is 0 Å². The van der Waals surface area contributed by atoms with Crippen LogP contribution in [0, 0.1) is 18.8 Å². The Morgan fingerprint density at radius 2 is 2.33 bits per heavy atom. The van der Waals surface area contributed by atoms with Gasteiger partial charge in [-0.25, -0.2) is 4.98 Å². The van der Waals surface area contributed by atoms with Crippen molar-refractivity contribution < 1.29 is 0 Å². The second-order valence-corrected chi connectivity index (χ2v) is 6.20. The molecule has 0 aromatic carbocycles. The predicted molar refractivity (Wildman–Crippen MR) is 65.0 cm³/mol. The molecule has 0 spiro atoms. The Kier molecular flexibility index (Phi) is 3.42. The van der Waals surface area contributed by atoms with E-state index in [2.05, 4.69) is 18.8 Å². The average Bonchev–Trinajstić information content (AvgIpc) is 2.58. The molecule has 0 bridgehead atoms. The van der Waals surface area contributed by atoms with Crippen molar-refractivity contribution in [2.45, 2.75) is 45.6 Å². The molecule has 1 aliphatic carbocycles. The van der Waals surface area contributed by atoms with Gasteiger partial charge in [-0.2, -0.15) is 0 Å². The maximum absolute atomic E-state index is 6.03. The summed E-state index contributed by atoms with van der Waals surface area (Å²) in [5.74, 6) is 1.56. The fourth-order valence-electron chi connectivity index (χ4n) is 2.46. The van der Waals surface area contributed by atoms with E-state index >= 15 is 0 Å². The zero-order chi connectivity index (χ0) is 10.8. The summed E-state index contributed by atoms with van der Waals surface area (Å²) in [6.45, 7) is 4.48. The Morgan fingerprint density at radius 1 is 1.53 bits per heavy atom. The molecule has 0 aliphatic heterocycles. The Balaban J connectivity index is 1.98. The van der Waals surface area contributed by atoms with E-state index in [-0.39, 0.29) is 0 Å². The smallest absolute Gasteiger partial charge is 0.0930 e. The largest absolute Gasteiger partial charge is 0.328 e. The monoisotopic (exact) mass is 224 g/mol. The molecule has 3 heteroatoms. The molecule has 0 radical (unpaired) electrons. The van der Waals surface area contributed by atoms with Gasteiger partial charge in [-0.1, -0.05) is 6.92 Å². The van der Waals surface area contributed by atoms with Crippen LogP contribution < -0.4 is 5.73 Å². The van der Waals surface area contributed by atoms with Crippen molar-refractivity contribution in [2.24, 2.45) is 17.6 Å². The Hall–Kier alpha value is -0.410. The molecule has 1 aromatic heterocycles. The lowest BCUT2D eigenvalue weighted by atomic mass is 9.77. The number of hydrogen-bond acceptors (Lipinski definition) is 3. The first kappa shape index (κ1) is 11.1. The molecule has 1 aromatic rings. The SMILES string of the molecule is Cc1cnc(CC2CC(N)CCC2C)s1. The minimum absolute atomic E-state index is 0.423. The van der Waals surface area contributed by atoms with Gasteiger partial charge in [-0.3, -0.25) is 0 Å². The molecule has 0 saturated heterocycles. The number of aryl methyl sites for hydroxylation is 1. The van der Waals surface area contributed by atoms with E-state index in [1.165, 1.54) is 29.1 Å². The Bertz CT molecular complexity index is 321. The van der Waals surface area contributed by atoms with Gasteiger partial charge < -0.3 is 5.73 Å². The van der Waals surface area contributed by atoms with Gasteiger partial charge >= 0.3 is 0 Å². The number of aromatic nitrogens is 1. The number of nitrogens with two attached hydrogens (primary N) is 1. The van der Waals surface area contributed by atoms with Crippen LogP contribution >= 0.6 is 11.3 Å². The minimum Gasteiger partial charge on any atom is -0.328 e. The van der Waals surface area contributed by atoms with E-state index in [4.69, 9.17) is 5.73 Å². The van der Waals surface area contributed by atoms with Crippen molar-refractivity contribution in [1.82, 2.24) is 4.98 Å². The first-order chi connectivity index (χ1) is 7.15. The van der Waals surface area contributed by atoms with Gasteiger partial charge in [0.1, 0.15) is 0 Å². The van der Waals surface area contributed by atoms with Crippen molar-refractivity contribution in [1.29, 1.82) is 0 Å². The fourth-order valence-corrected chi connectivity index (χ4v) is 3.34. The molecular weight excluding hydrogens is 204 g/mol. The molecule has 2 rings (SSSR count). The fraction of sp³-hybridized carbons (Fsp3) is 0.750. The molecule has 1 saturated carbocycles. The van der Waals surface area contributed by atoms with Gasteiger partial charge in [0.05, 0.1) is 5.01 Å². The van der Waals surface area contributed by atoms with Crippen molar-refractivity contribution >= 4 is 11.3 Å². The summed E-state index contributed by atoms with van der Waals surface area (Å²) < 4.78 is 0. The molecule has 2 N–H and O–H groups in total. The van der Waals surface area contributed by atoms with Crippen molar-refractivity contribution in [3.05, 3.63) is 16.1 Å². The zero-order valence-corrected chi connectivity index (χ0v) is 10.4. The van der Waals surface area contributed by atoms with Crippen LogP contribution in [0.3, 0.4) is 0 Å². The van der Waals surface area contributed by atoms with Gasteiger partial charge in [0.25, 0.3) is 0 Å². The number of nitrogens with zero attached hydrogens (tertiary/aromatic N) is 1. The molecule has 1 heterocycles. The average molecular weight is 224 g/mol. The van der Waals surface area contributed by atoms with Crippen molar-refractivity contribution in [2.75, 3.05) is 0 Å². The number of thiazole rings is 1. The van der Waals surface area contributed by atoms with Crippen LogP contribution in [0.1, 0.15) is 36.1 Å². The molecular formula is C12H20N2S. The zero-order valence-electron chi connectivity index (χ0n) is 9.57. The highest BCUT2D eigenvalue weighted by molar-refractivity contribution is 7.11. The van der Waals surface area contributed by atoms with Gasteiger partial charge in [-0.15, -0.1) is 11.3 Å². The van der Waals surface area contributed by atoms with E-state index in [0.29, 0.717) is 6.04 Å². The quantitative estimate of drug-likeness (QED) is 0.839. The van der Waals surface area contributed by atoms with Gasteiger partial charge in [0, 0.05) is 23.5 Å². The number of rotatable bonds is 2. The molecule has 0 amide bonds. The lowest BCUT2D eigenvalue weighted by Crippen LogP contribution is -2.33. The third-order valence-corrected chi connectivity index (χ3v) is 4.44. The van der Waals surface area contributed by atoms with Gasteiger partial charge in [-0.05, 0) is 38.0 Å². The summed E-state index contributed by atoms with van der Waals surface area (Å²) in [6.07, 6.45) is 6.78. The van der Waals surface area contributed by atoms with E-state index < -0.39 is 0 Å². The molecule has 3 unspecified atom stereocenters. The third-order valence-electron chi connectivity index (χ3n) is 3.51. The van der Waals surface area contributed by atoms with Crippen LogP contribution in [-0.4, -0.2) is 11.0 Å². The van der Waals surface area contributed by atoms with Crippen LogP contribution in [0.15, 0.2) is 6.20 Å².